The quantitative estimate of drug-likeness (QED) is 0.526. The number of hydrogen-bond acceptors (Lipinski definition) is 6. The summed E-state index contributed by atoms with van der Waals surface area (Å²) in [6.07, 6.45) is 2.60. The number of aromatic nitrogens is 4. The molecule has 1 amide bonds. The van der Waals surface area contributed by atoms with Crippen molar-refractivity contribution in [2.24, 2.45) is 0 Å². The molecule has 20 heavy (non-hydrogen) atoms. The Morgan fingerprint density at radius 2 is 2.20 bits per heavy atom. The van der Waals surface area contributed by atoms with Gasteiger partial charge < -0.3 is 25.4 Å². The van der Waals surface area contributed by atoms with Crippen LogP contribution in [0.4, 0.5) is 5.82 Å². The first-order valence-corrected chi connectivity index (χ1v) is 7.23. The molecule has 2 aromatic heterocycles. The fourth-order valence-corrected chi connectivity index (χ4v) is 1.84. The van der Waals surface area contributed by atoms with E-state index in [0.717, 1.165) is 0 Å². The number of nitrogen functional groups attached to an aromatic ring is 1. The van der Waals surface area contributed by atoms with Gasteiger partial charge in [-0.2, -0.15) is 0 Å². The van der Waals surface area contributed by atoms with Crippen LogP contribution in [0.3, 0.4) is 0 Å². The fourth-order valence-electron chi connectivity index (χ4n) is 1.53. The van der Waals surface area contributed by atoms with Gasteiger partial charge in [0.25, 0.3) is 0 Å². The van der Waals surface area contributed by atoms with E-state index in [4.69, 9.17) is 15.5 Å². The van der Waals surface area contributed by atoms with Gasteiger partial charge in [0.1, 0.15) is 24.2 Å². The van der Waals surface area contributed by atoms with E-state index in [1.807, 2.05) is 0 Å². The zero-order valence-corrected chi connectivity index (χ0v) is 11.4. The number of amides is 1. The Kier molecular flexibility index (Phi) is 3.71. The standard InChI is InChI=1S/C9H13N6O4P/c1-5(20(17,18)19)14-6(16)2-15-4-13-7-8(10)11-3-12-9(7)15/h3-5H,2H2,1H3,(H,14,16)(H2,10,11,12)(H2,17,18,19). The van der Waals surface area contributed by atoms with Crippen LogP contribution in [0, 0.1) is 0 Å². The van der Waals surface area contributed by atoms with E-state index in [1.54, 1.807) is 0 Å². The summed E-state index contributed by atoms with van der Waals surface area (Å²) in [6, 6.07) is 0. The number of carbonyl (C=O) groups excluding carboxylic acids is 1. The van der Waals surface area contributed by atoms with Crippen LogP contribution >= 0.6 is 7.60 Å². The summed E-state index contributed by atoms with van der Waals surface area (Å²) in [7, 11) is -4.36. The number of hydrogen-bond donors (Lipinski definition) is 4. The molecule has 2 aromatic rings. The van der Waals surface area contributed by atoms with Gasteiger partial charge in [0.05, 0.1) is 6.33 Å². The lowest BCUT2D eigenvalue weighted by Crippen LogP contribution is -2.34. The van der Waals surface area contributed by atoms with Crippen molar-refractivity contribution in [3.05, 3.63) is 12.7 Å². The zero-order chi connectivity index (χ0) is 14.9. The number of anilines is 1. The minimum Gasteiger partial charge on any atom is -0.382 e. The van der Waals surface area contributed by atoms with E-state index < -0.39 is 19.3 Å². The van der Waals surface area contributed by atoms with E-state index in [0.29, 0.717) is 11.2 Å². The van der Waals surface area contributed by atoms with E-state index >= 15 is 0 Å². The van der Waals surface area contributed by atoms with E-state index in [2.05, 4.69) is 20.3 Å². The van der Waals surface area contributed by atoms with Crippen molar-refractivity contribution >= 4 is 30.5 Å². The van der Waals surface area contributed by atoms with Crippen molar-refractivity contribution < 1.29 is 19.1 Å². The average Bonchev–Trinajstić information content (AvgIpc) is 2.72. The van der Waals surface area contributed by atoms with Crippen LogP contribution in [-0.2, 0) is 15.9 Å². The molecule has 108 valence electrons. The molecule has 0 aliphatic rings. The number of fused-ring (bicyclic) bond motifs is 1. The van der Waals surface area contributed by atoms with Crippen molar-refractivity contribution in [1.29, 1.82) is 0 Å². The smallest absolute Gasteiger partial charge is 0.347 e. The predicted molar refractivity (Wildman–Crippen MR) is 69.4 cm³/mol. The van der Waals surface area contributed by atoms with Gasteiger partial charge in [-0.3, -0.25) is 9.36 Å². The molecular weight excluding hydrogens is 287 g/mol. The molecule has 0 spiro atoms. The molecule has 2 heterocycles. The van der Waals surface area contributed by atoms with Gasteiger partial charge in [0.15, 0.2) is 11.5 Å². The van der Waals surface area contributed by atoms with Gasteiger partial charge in [-0.15, -0.1) is 0 Å². The Hall–Kier alpha value is -2.03. The highest BCUT2D eigenvalue weighted by Gasteiger charge is 2.25. The molecule has 0 aliphatic carbocycles. The van der Waals surface area contributed by atoms with Gasteiger partial charge in [0, 0.05) is 0 Å². The first-order valence-electron chi connectivity index (χ1n) is 5.55. The molecule has 5 N–H and O–H groups in total. The second kappa shape index (κ2) is 5.16. The Labute approximate surface area is 113 Å². The van der Waals surface area contributed by atoms with Crippen LogP contribution in [0.5, 0.6) is 0 Å². The SMILES string of the molecule is CC(NC(=O)Cn1cnc2c(N)ncnc21)P(=O)(O)O. The van der Waals surface area contributed by atoms with Crippen LogP contribution < -0.4 is 11.1 Å². The Morgan fingerprint density at radius 1 is 1.50 bits per heavy atom. The maximum atomic E-state index is 11.7. The summed E-state index contributed by atoms with van der Waals surface area (Å²) in [5.74, 6) is -1.64. The maximum absolute atomic E-state index is 11.7. The summed E-state index contributed by atoms with van der Waals surface area (Å²) in [5.41, 5.74) is 6.34. The van der Waals surface area contributed by atoms with Crippen molar-refractivity contribution in [3.63, 3.8) is 0 Å². The largest absolute Gasteiger partial charge is 0.382 e. The van der Waals surface area contributed by atoms with Gasteiger partial charge in [-0.1, -0.05) is 0 Å². The third-order valence-corrected chi connectivity index (χ3v) is 3.76. The number of nitrogens with two attached hydrogens (primary N) is 1. The first-order chi connectivity index (χ1) is 9.29. The maximum Gasteiger partial charge on any atom is 0.347 e. The highest BCUT2D eigenvalue weighted by atomic mass is 31.2. The lowest BCUT2D eigenvalue weighted by Gasteiger charge is -2.15. The normalized spacial score (nSPS) is 13.3. The molecule has 0 saturated heterocycles. The van der Waals surface area contributed by atoms with Gasteiger partial charge >= 0.3 is 7.60 Å². The number of nitrogens with one attached hydrogen (secondary N) is 1. The molecule has 11 heteroatoms. The monoisotopic (exact) mass is 300 g/mol. The Bertz CT molecular complexity index is 695. The zero-order valence-electron chi connectivity index (χ0n) is 10.5. The number of rotatable bonds is 4. The molecule has 10 nitrogen and oxygen atoms in total. The lowest BCUT2D eigenvalue weighted by molar-refractivity contribution is -0.121. The lowest BCUT2D eigenvalue weighted by atomic mass is 10.5. The minimum atomic E-state index is -4.36. The first kappa shape index (κ1) is 14.4. The predicted octanol–water partition coefficient (Wildman–Crippen LogP) is -0.952. The summed E-state index contributed by atoms with van der Waals surface area (Å²) < 4.78 is 12.4. The summed E-state index contributed by atoms with van der Waals surface area (Å²) in [4.78, 5) is 41.2. The Balaban J connectivity index is 2.15. The molecule has 0 fully saturated rings. The van der Waals surface area contributed by atoms with Crippen molar-refractivity contribution in [1.82, 2.24) is 24.8 Å². The molecule has 0 aromatic carbocycles. The van der Waals surface area contributed by atoms with Crippen molar-refractivity contribution in [2.75, 3.05) is 5.73 Å². The fraction of sp³-hybridized carbons (Fsp3) is 0.333. The highest BCUT2D eigenvalue weighted by Crippen LogP contribution is 2.38. The van der Waals surface area contributed by atoms with Crippen LogP contribution in [0.2, 0.25) is 0 Å². The van der Waals surface area contributed by atoms with E-state index in [9.17, 15) is 9.36 Å². The van der Waals surface area contributed by atoms with Gasteiger partial charge in [-0.05, 0) is 6.92 Å². The third-order valence-electron chi connectivity index (χ3n) is 2.62. The number of imidazole rings is 1. The summed E-state index contributed by atoms with van der Waals surface area (Å²) in [5, 5.41) is 2.21. The molecular formula is C9H13N6O4P. The molecule has 1 unspecified atom stereocenters. The molecule has 0 saturated carbocycles. The summed E-state index contributed by atoms with van der Waals surface area (Å²) >= 11 is 0. The second-order valence-electron chi connectivity index (χ2n) is 4.14. The van der Waals surface area contributed by atoms with Gasteiger partial charge in [-0.25, -0.2) is 15.0 Å². The summed E-state index contributed by atoms with van der Waals surface area (Å²) in [6.45, 7) is 1.04. The second-order valence-corrected chi connectivity index (χ2v) is 6.09. The van der Waals surface area contributed by atoms with E-state index in [-0.39, 0.29) is 12.4 Å². The van der Waals surface area contributed by atoms with E-state index in [1.165, 1.54) is 24.1 Å². The van der Waals surface area contributed by atoms with Crippen molar-refractivity contribution in [2.45, 2.75) is 19.3 Å². The molecule has 2 rings (SSSR count). The topological polar surface area (TPSA) is 156 Å². The highest BCUT2D eigenvalue weighted by molar-refractivity contribution is 7.52. The number of nitrogens with zero attached hydrogens (tertiary/aromatic N) is 4. The average molecular weight is 300 g/mol. The van der Waals surface area contributed by atoms with Crippen molar-refractivity contribution in [3.8, 4) is 0 Å². The molecule has 0 bridgehead atoms. The van der Waals surface area contributed by atoms with Crippen LogP contribution in [0.25, 0.3) is 11.2 Å². The molecule has 0 radical (unpaired) electrons. The molecule has 0 aliphatic heterocycles. The van der Waals surface area contributed by atoms with Crippen LogP contribution in [0.15, 0.2) is 12.7 Å². The number of carbonyl (C=O) groups is 1. The minimum absolute atomic E-state index is 0.183. The van der Waals surface area contributed by atoms with Crippen LogP contribution in [-0.4, -0.2) is 41.0 Å². The Morgan fingerprint density at radius 3 is 2.85 bits per heavy atom. The third kappa shape index (κ3) is 2.93. The van der Waals surface area contributed by atoms with Crippen LogP contribution in [0.1, 0.15) is 6.92 Å². The molecule has 1 atom stereocenters. The van der Waals surface area contributed by atoms with Gasteiger partial charge in [0.2, 0.25) is 5.91 Å².